The lowest BCUT2D eigenvalue weighted by atomic mass is 9.90. The first-order valence-electron chi connectivity index (χ1n) is 6.71. The largest absolute Gasteiger partial charge is 0.374 e. The normalized spacial score (nSPS) is 20.2. The fraction of sp³-hybridized carbons (Fsp3) is 0.769. The Labute approximate surface area is 113 Å². The Bertz CT molecular complexity index is 374. The quantitative estimate of drug-likeness (QED) is 0.614. The van der Waals surface area contributed by atoms with Crippen molar-refractivity contribution in [1.82, 2.24) is 10.4 Å². The number of hydrogen-bond donors (Lipinski definition) is 2. The third kappa shape index (κ3) is 2.91. The number of ether oxygens (including phenoxy) is 1. The van der Waals surface area contributed by atoms with Crippen LogP contribution >= 0.6 is 11.3 Å². The Hall–Kier alpha value is -0.490. The highest BCUT2D eigenvalue weighted by molar-refractivity contribution is 7.09. The average Bonchev–Trinajstić information content (AvgIpc) is 2.97. The molecule has 0 amide bonds. The van der Waals surface area contributed by atoms with Crippen molar-refractivity contribution in [2.24, 2.45) is 5.84 Å². The molecule has 1 saturated carbocycles. The van der Waals surface area contributed by atoms with Gasteiger partial charge in [-0.25, -0.2) is 4.98 Å². The van der Waals surface area contributed by atoms with Gasteiger partial charge >= 0.3 is 0 Å². The van der Waals surface area contributed by atoms with Crippen molar-refractivity contribution >= 4 is 11.3 Å². The van der Waals surface area contributed by atoms with Crippen LogP contribution in [0.4, 0.5) is 0 Å². The van der Waals surface area contributed by atoms with E-state index in [-0.39, 0.29) is 11.6 Å². The van der Waals surface area contributed by atoms with Crippen LogP contribution in [0.1, 0.15) is 43.3 Å². The molecule has 1 aliphatic rings. The van der Waals surface area contributed by atoms with E-state index in [0.29, 0.717) is 0 Å². The van der Waals surface area contributed by atoms with E-state index in [4.69, 9.17) is 10.6 Å². The van der Waals surface area contributed by atoms with Gasteiger partial charge in [-0.05, 0) is 26.7 Å². The number of thiazole rings is 1. The maximum Gasteiger partial charge on any atom is 0.0945 e. The van der Waals surface area contributed by atoms with Crippen molar-refractivity contribution in [1.29, 1.82) is 0 Å². The van der Waals surface area contributed by atoms with Crippen LogP contribution in [0.2, 0.25) is 0 Å². The van der Waals surface area contributed by atoms with Crippen LogP contribution in [0, 0.1) is 6.92 Å². The molecule has 1 atom stereocenters. The van der Waals surface area contributed by atoms with Gasteiger partial charge in [-0.15, -0.1) is 11.3 Å². The first kappa shape index (κ1) is 13.9. The minimum atomic E-state index is -0.0942. The molecule has 0 saturated heterocycles. The zero-order valence-electron chi connectivity index (χ0n) is 11.2. The molecular formula is C13H23N3OS. The van der Waals surface area contributed by atoms with Gasteiger partial charge in [0.2, 0.25) is 0 Å². The van der Waals surface area contributed by atoms with Crippen LogP contribution in [-0.2, 0) is 11.2 Å². The van der Waals surface area contributed by atoms with Gasteiger partial charge in [-0.3, -0.25) is 11.3 Å². The molecule has 0 aromatic carbocycles. The van der Waals surface area contributed by atoms with Crippen LogP contribution in [0.15, 0.2) is 5.38 Å². The van der Waals surface area contributed by atoms with Gasteiger partial charge in [0.25, 0.3) is 0 Å². The SMILES string of the molecule is CCOC1(C(Cc2nc(C)cs2)NN)CCCC1. The van der Waals surface area contributed by atoms with E-state index in [2.05, 4.69) is 22.7 Å². The summed E-state index contributed by atoms with van der Waals surface area (Å²) in [6.45, 7) is 4.83. The summed E-state index contributed by atoms with van der Waals surface area (Å²) in [5.74, 6) is 5.77. The van der Waals surface area contributed by atoms with Crippen molar-refractivity contribution in [3.8, 4) is 0 Å². The van der Waals surface area contributed by atoms with Crippen LogP contribution < -0.4 is 11.3 Å². The lowest BCUT2D eigenvalue weighted by Gasteiger charge is -2.36. The monoisotopic (exact) mass is 269 g/mol. The summed E-state index contributed by atoms with van der Waals surface area (Å²) < 4.78 is 6.06. The van der Waals surface area contributed by atoms with Crippen molar-refractivity contribution in [3.63, 3.8) is 0 Å². The lowest BCUT2D eigenvalue weighted by Crippen LogP contribution is -2.54. The minimum absolute atomic E-state index is 0.0942. The number of hydrazine groups is 1. The zero-order valence-corrected chi connectivity index (χ0v) is 12.1. The van der Waals surface area contributed by atoms with E-state index in [0.717, 1.165) is 36.6 Å². The number of aromatic nitrogens is 1. The van der Waals surface area contributed by atoms with Gasteiger partial charge in [0.1, 0.15) is 0 Å². The summed E-state index contributed by atoms with van der Waals surface area (Å²) in [6, 6.07) is 0.158. The lowest BCUT2D eigenvalue weighted by molar-refractivity contribution is -0.0613. The third-order valence-corrected chi connectivity index (χ3v) is 4.75. The second kappa shape index (κ2) is 6.10. The predicted molar refractivity (Wildman–Crippen MR) is 74.5 cm³/mol. The van der Waals surface area contributed by atoms with Crippen LogP contribution in [-0.4, -0.2) is 23.2 Å². The van der Waals surface area contributed by atoms with Crippen molar-refractivity contribution < 1.29 is 4.74 Å². The van der Waals surface area contributed by atoms with Crippen molar-refractivity contribution in [2.45, 2.75) is 57.6 Å². The van der Waals surface area contributed by atoms with Crippen LogP contribution in [0.3, 0.4) is 0 Å². The maximum atomic E-state index is 6.06. The number of nitrogens with zero attached hydrogens (tertiary/aromatic N) is 1. The first-order valence-corrected chi connectivity index (χ1v) is 7.59. The van der Waals surface area contributed by atoms with E-state index < -0.39 is 0 Å². The molecule has 0 radical (unpaired) electrons. The number of nitrogens with two attached hydrogens (primary N) is 1. The molecule has 1 aromatic heterocycles. The maximum absolute atomic E-state index is 6.06. The Morgan fingerprint density at radius 1 is 1.56 bits per heavy atom. The van der Waals surface area contributed by atoms with Gasteiger partial charge in [0, 0.05) is 24.1 Å². The molecule has 2 rings (SSSR count). The summed E-state index contributed by atoms with van der Waals surface area (Å²) in [6.07, 6.45) is 5.51. The summed E-state index contributed by atoms with van der Waals surface area (Å²) >= 11 is 1.71. The molecule has 102 valence electrons. The molecule has 1 aliphatic carbocycles. The minimum Gasteiger partial charge on any atom is -0.374 e. The standard InChI is InChI=1S/C13H23N3OS/c1-3-17-13(6-4-5-7-13)11(16-14)8-12-15-10(2)9-18-12/h9,11,16H,3-8,14H2,1-2H3. The number of hydrogen-bond acceptors (Lipinski definition) is 5. The molecule has 1 aromatic rings. The Kier molecular flexibility index (Phi) is 4.72. The first-order chi connectivity index (χ1) is 8.70. The fourth-order valence-corrected chi connectivity index (χ4v) is 3.74. The van der Waals surface area contributed by atoms with Gasteiger partial charge in [-0.2, -0.15) is 0 Å². The summed E-state index contributed by atoms with van der Waals surface area (Å²) in [5, 5.41) is 3.23. The smallest absolute Gasteiger partial charge is 0.0945 e. The third-order valence-electron chi connectivity index (χ3n) is 3.76. The van der Waals surface area contributed by atoms with Crippen LogP contribution in [0.25, 0.3) is 0 Å². The van der Waals surface area contributed by atoms with Gasteiger partial charge in [-0.1, -0.05) is 12.8 Å². The predicted octanol–water partition coefficient (Wildman–Crippen LogP) is 2.18. The Morgan fingerprint density at radius 2 is 2.28 bits per heavy atom. The van der Waals surface area contributed by atoms with Crippen molar-refractivity contribution in [2.75, 3.05) is 6.61 Å². The van der Waals surface area contributed by atoms with Gasteiger partial charge in [0.15, 0.2) is 0 Å². The molecule has 5 heteroatoms. The van der Waals surface area contributed by atoms with E-state index in [1.807, 2.05) is 6.92 Å². The van der Waals surface area contributed by atoms with Gasteiger partial charge < -0.3 is 4.74 Å². The molecule has 1 unspecified atom stereocenters. The summed E-state index contributed by atoms with van der Waals surface area (Å²) in [7, 11) is 0. The second-order valence-electron chi connectivity index (χ2n) is 5.01. The molecule has 1 heterocycles. The van der Waals surface area contributed by atoms with Gasteiger partial charge in [0.05, 0.1) is 16.7 Å². The molecule has 0 bridgehead atoms. The van der Waals surface area contributed by atoms with Crippen LogP contribution in [0.5, 0.6) is 0 Å². The van der Waals surface area contributed by atoms with E-state index in [1.165, 1.54) is 12.8 Å². The second-order valence-corrected chi connectivity index (χ2v) is 5.95. The number of aryl methyl sites for hydroxylation is 1. The molecule has 0 aliphatic heterocycles. The van der Waals surface area contributed by atoms with E-state index in [9.17, 15) is 0 Å². The molecular weight excluding hydrogens is 246 g/mol. The fourth-order valence-electron chi connectivity index (χ4n) is 2.92. The molecule has 0 spiro atoms. The Balaban J connectivity index is 2.10. The molecule has 4 nitrogen and oxygen atoms in total. The highest BCUT2D eigenvalue weighted by Gasteiger charge is 2.42. The number of nitrogens with one attached hydrogen (secondary N) is 1. The Morgan fingerprint density at radius 3 is 2.78 bits per heavy atom. The topological polar surface area (TPSA) is 60.2 Å². The molecule has 18 heavy (non-hydrogen) atoms. The average molecular weight is 269 g/mol. The highest BCUT2D eigenvalue weighted by Crippen LogP contribution is 2.37. The summed E-state index contributed by atoms with van der Waals surface area (Å²) in [5.41, 5.74) is 3.96. The van der Waals surface area contributed by atoms with E-state index >= 15 is 0 Å². The van der Waals surface area contributed by atoms with E-state index in [1.54, 1.807) is 11.3 Å². The van der Waals surface area contributed by atoms with Crippen molar-refractivity contribution in [3.05, 3.63) is 16.1 Å². The molecule has 3 N–H and O–H groups in total. The highest BCUT2D eigenvalue weighted by atomic mass is 32.1. The number of rotatable bonds is 6. The summed E-state index contributed by atoms with van der Waals surface area (Å²) in [4.78, 5) is 4.53. The molecule has 1 fully saturated rings. The zero-order chi connectivity index (χ0) is 13.0.